The van der Waals surface area contributed by atoms with E-state index in [-0.39, 0.29) is 23.8 Å². The summed E-state index contributed by atoms with van der Waals surface area (Å²) < 4.78 is 5.59. The van der Waals surface area contributed by atoms with Gasteiger partial charge in [-0.3, -0.25) is 19.7 Å². The van der Waals surface area contributed by atoms with Crippen molar-refractivity contribution < 1.29 is 23.9 Å². The minimum Gasteiger partial charge on any atom is -0.484 e. The lowest BCUT2D eigenvalue weighted by molar-refractivity contribution is -0.122. The van der Waals surface area contributed by atoms with Crippen LogP contribution in [-0.2, 0) is 14.4 Å². The monoisotopic (exact) mass is 503 g/mol. The summed E-state index contributed by atoms with van der Waals surface area (Å²) in [6.45, 7) is 3.33. The Morgan fingerprint density at radius 1 is 1.03 bits per heavy atom. The molecule has 0 unspecified atom stereocenters. The van der Waals surface area contributed by atoms with E-state index < -0.39 is 17.8 Å². The fourth-order valence-corrected chi connectivity index (χ4v) is 3.79. The number of carbonyl (C=O) groups excluding carboxylic acids is 4. The van der Waals surface area contributed by atoms with Gasteiger partial charge in [0.2, 0.25) is 0 Å². The predicted molar refractivity (Wildman–Crippen MR) is 137 cm³/mol. The number of rotatable bonds is 6. The molecule has 9 heteroatoms. The van der Waals surface area contributed by atoms with Gasteiger partial charge in [0.05, 0.1) is 5.69 Å². The van der Waals surface area contributed by atoms with E-state index in [0.717, 1.165) is 10.5 Å². The van der Waals surface area contributed by atoms with E-state index in [1.807, 2.05) is 25.1 Å². The Hall–Kier alpha value is -4.43. The van der Waals surface area contributed by atoms with Gasteiger partial charge in [0.15, 0.2) is 6.61 Å². The number of amides is 5. The van der Waals surface area contributed by atoms with Crippen LogP contribution in [0.3, 0.4) is 0 Å². The number of para-hydroxylation sites is 1. The number of hydrogen-bond acceptors (Lipinski definition) is 5. The molecule has 1 fully saturated rings. The van der Waals surface area contributed by atoms with Gasteiger partial charge in [-0.05, 0) is 66.9 Å². The number of barbiturate groups is 1. The molecule has 1 aliphatic rings. The Balaban J connectivity index is 1.52. The number of hydrogen-bond donors (Lipinski definition) is 2. The van der Waals surface area contributed by atoms with Gasteiger partial charge in [-0.2, -0.15) is 0 Å². The first-order valence-corrected chi connectivity index (χ1v) is 11.4. The Bertz CT molecular complexity index is 1420. The Morgan fingerprint density at radius 2 is 1.78 bits per heavy atom. The quantitative estimate of drug-likeness (QED) is 0.376. The second-order valence-corrected chi connectivity index (χ2v) is 8.47. The second-order valence-electron chi connectivity index (χ2n) is 8.07. The van der Waals surface area contributed by atoms with E-state index in [1.54, 1.807) is 55.5 Å². The van der Waals surface area contributed by atoms with Crippen LogP contribution in [0.2, 0.25) is 5.02 Å². The molecule has 8 nitrogen and oxygen atoms in total. The van der Waals surface area contributed by atoms with Crippen molar-refractivity contribution >= 4 is 52.8 Å². The Kier molecular flexibility index (Phi) is 7.17. The summed E-state index contributed by atoms with van der Waals surface area (Å²) in [6.07, 6.45) is 1.36. The summed E-state index contributed by atoms with van der Waals surface area (Å²) >= 11 is 6.15. The molecule has 0 bridgehead atoms. The number of anilines is 2. The van der Waals surface area contributed by atoms with Gasteiger partial charge in [0.25, 0.3) is 17.7 Å². The third-order valence-corrected chi connectivity index (χ3v) is 5.95. The number of carbonyl (C=O) groups is 4. The molecule has 1 aliphatic heterocycles. The van der Waals surface area contributed by atoms with E-state index in [0.29, 0.717) is 27.6 Å². The molecule has 4 rings (SSSR count). The maximum atomic E-state index is 13.2. The highest BCUT2D eigenvalue weighted by Gasteiger charge is 2.37. The van der Waals surface area contributed by atoms with Gasteiger partial charge >= 0.3 is 6.03 Å². The third kappa shape index (κ3) is 5.29. The lowest BCUT2D eigenvalue weighted by atomic mass is 10.1. The van der Waals surface area contributed by atoms with Crippen LogP contribution in [0.1, 0.15) is 16.7 Å². The van der Waals surface area contributed by atoms with Gasteiger partial charge in [0, 0.05) is 10.7 Å². The number of ether oxygens (including phenoxy) is 1. The van der Waals surface area contributed by atoms with Crippen LogP contribution in [0, 0.1) is 13.8 Å². The van der Waals surface area contributed by atoms with Crippen LogP contribution in [0.25, 0.3) is 6.08 Å². The zero-order chi connectivity index (χ0) is 25.8. The first-order chi connectivity index (χ1) is 17.2. The SMILES string of the molecule is Cc1ccccc1NC(=O)COc1cccc(/C=C2/C(=O)NC(=O)N(c3cccc(Cl)c3C)C2=O)c1. The summed E-state index contributed by atoms with van der Waals surface area (Å²) in [6, 6.07) is 17.9. The zero-order valence-corrected chi connectivity index (χ0v) is 20.3. The number of nitrogens with one attached hydrogen (secondary N) is 2. The molecule has 5 amide bonds. The maximum absolute atomic E-state index is 13.2. The average molecular weight is 504 g/mol. The van der Waals surface area contributed by atoms with Crippen LogP contribution < -0.4 is 20.3 Å². The van der Waals surface area contributed by atoms with Gasteiger partial charge in [-0.1, -0.05) is 48.0 Å². The normalized spacial score (nSPS) is 14.6. The number of halogens is 1. The lowest BCUT2D eigenvalue weighted by Gasteiger charge is -2.27. The largest absolute Gasteiger partial charge is 0.484 e. The standard InChI is InChI=1S/C27H22ClN3O5/c1-16-7-3-4-11-22(16)29-24(32)15-36-19-9-5-8-18(13-19)14-20-25(33)30-27(35)31(26(20)34)23-12-6-10-21(28)17(23)2/h3-14H,15H2,1-2H3,(H,29,32)(H,30,33,35)/b20-14-. The van der Waals surface area contributed by atoms with Crippen molar-refractivity contribution in [2.24, 2.45) is 0 Å². The number of aryl methyl sites for hydroxylation is 1. The first kappa shape index (κ1) is 24.7. The molecular weight excluding hydrogens is 482 g/mol. The number of urea groups is 1. The third-order valence-electron chi connectivity index (χ3n) is 5.54. The van der Waals surface area contributed by atoms with Gasteiger partial charge < -0.3 is 10.1 Å². The fraction of sp³-hybridized carbons (Fsp3) is 0.111. The molecule has 0 aromatic heterocycles. The van der Waals surface area contributed by atoms with E-state index in [1.165, 1.54) is 6.08 Å². The molecular formula is C27H22ClN3O5. The van der Waals surface area contributed by atoms with Gasteiger partial charge in [-0.15, -0.1) is 0 Å². The summed E-state index contributed by atoms with van der Waals surface area (Å²) in [7, 11) is 0. The highest BCUT2D eigenvalue weighted by Crippen LogP contribution is 2.29. The Labute approximate surface area is 212 Å². The zero-order valence-electron chi connectivity index (χ0n) is 19.5. The summed E-state index contributed by atoms with van der Waals surface area (Å²) in [5.41, 5.74) is 2.66. The molecule has 2 N–H and O–H groups in total. The molecule has 0 spiro atoms. The average Bonchev–Trinajstić information content (AvgIpc) is 2.85. The molecule has 1 heterocycles. The summed E-state index contributed by atoms with van der Waals surface area (Å²) in [5.74, 6) is -1.56. The molecule has 3 aromatic rings. The number of imide groups is 2. The molecule has 0 atom stereocenters. The lowest BCUT2D eigenvalue weighted by Crippen LogP contribution is -2.54. The first-order valence-electron chi connectivity index (χ1n) is 11.0. The smallest absolute Gasteiger partial charge is 0.335 e. The molecule has 1 saturated heterocycles. The van der Waals surface area contributed by atoms with Crippen LogP contribution >= 0.6 is 11.6 Å². The predicted octanol–water partition coefficient (Wildman–Crippen LogP) is 4.64. The molecule has 182 valence electrons. The van der Waals surface area contributed by atoms with Crippen LogP contribution in [-0.4, -0.2) is 30.4 Å². The molecule has 0 saturated carbocycles. The van der Waals surface area contributed by atoms with Crippen molar-refractivity contribution in [2.45, 2.75) is 13.8 Å². The maximum Gasteiger partial charge on any atom is 0.335 e. The topological polar surface area (TPSA) is 105 Å². The van der Waals surface area contributed by atoms with E-state index in [4.69, 9.17) is 16.3 Å². The van der Waals surface area contributed by atoms with Crippen LogP contribution in [0.15, 0.2) is 72.3 Å². The Morgan fingerprint density at radius 3 is 2.56 bits per heavy atom. The molecule has 0 radical (unpaired) electrons. The van der Waals surface area contributed by atoms with E-state index in [9.17, 15) is 19.2 Å². The van der Waals surface area contributed by atoms with Crippen molar-refractivity contribution in [3.63, 3.8) is 0 Å². The van der Waals surface area contributed by atoms with Crippen LogP contribution in [0.4, 0.5) is 16.2 Å². The van der Waals surface area contributed by atoms with Crippen molar-refractivity contribution in [1.82, 2.24) is 5.32 Å². The molecule has 3 aromatic carbocycles. The van der Waals surface area contributed by atoms with Crippen LogP contribution in [0.5, 0.6) is 5.75 Å². The van der Waals surface area contributed by atoms with E-state index in [2.05, 4.69) is 10.6 Å². The highest BCUT2D eigenvalue weighted by atomic mass is 35.5. The highest BCUT2D eigenvalue weighted by molar-refractivity contribution is 6.40. The number of nitrogens with zero attached hydrogens (tertiary/aromatic N) is 1. The van der Waals surface area contributed by atoms with E-state index >= 15 is 0 Å². The summed E-state index contributed by atoms with van der Waals surface area (Å²) in [5, 5.41) is 5.36. The van der Waals surface area contributed by atoms with Gasteiger partial charge in [-0.25, -0.2) is 9.69 Å². The minimum absolute atomic E-state index is 0.232. The van der Waals surface area contributed by atoms with Gasteiger partial charge in [0.1, 0.15) is 11.3 Å². The number of benzene rings is 3. The van der Waals surface area contributed by atoms with Crippen molar-refractivity contribution in [1.29, 1.82) is 0 Å². The van der Waals surface area contributed by atoms with Crippen molar-refractivity contribution in [3.05, 3.63) is 94.0 Å². The molecule has 0 aliphatic carbocycles. The van der Waals surface area contributed by atoms with Crippen molar-refractivity contribution in [3.8, 4) is 5.75 Å². The summed E-state index contributed by atoms with van der Waals surface area (Å²) in [4.78, 5) is 51.3. The molecule has 36 heavy (non-hydrogen) atoms. The minimum atomic E-state index is -0.857. The fourth-order valence-electron chi connectivity index (χ4n) is 3.62. The van der Waals surface area contributed by atoms with Crippen molar-refractivity contribution in [2.75, 3.05) is 16.8 Å². The second kappa shape index (κ2) is 10.5.